The van der Waals surface area contributed by atoms with Gasteiger partial charge in [-0.25, -0.2) is 13.3 Å². The van der Waals surface area contributed by atoms with Crippen molar-refractivity contribution < 1.29 is 120 Å². The second-order valence-corrected chi connectivity index (χ2v) is 17.4. The van der Waals surface area contributed by atoms with Crippen molar-refractivity contribution in [3.05, 3.63) is 124 Å². The smallest absolute Gasteiger partial charge is 0.748 e. The van der Waals surface area contributed by atoms with Crippen LogP contribution in [0.3, 0.4) is 0 Å². The summed E-state index contributed by atoms with van der Waals surface area (Å²) in [7, 11) is -0.0123. The fraction of sp³-hybridized carbons (Fsp3) is 0.362. The Balaban J connectivity index is 0.000000241. The zero-order valence-corrected chi connectivity index (χ0v) is 44.0. The van der Waals surface area contributed by atoms with E-state index in [-0.39, 0.29) is 83.4 Å². The maximum absolute atomic E-state index is 13.6. The molecule has 0 fully saturated rings. The van der Waals surface area contributed by atoms with E-state index in [2.05, 4.69) is 22.3 Å². The van der Waals surface area contributed by atoms with Crippen LogP contribution < -0.4 is 82.8 Å². The molecule has 66 heavy (non-hydrogen) atoms. The standard InChI is InChI=1S/C24H27NO7S.C23H25NO6S.2Na/c1-4-9-29-23-12-16-11-21(30-31-32-33)20-10-17(15-5-7-18(27-2)8-6-15)14-25(20)24(26)19(16)13-22(23)28-3;1-4-30-21-10-16-11-22(31(26,27)28)19-9-17(15-7-5-14(2)6-8-15)13-24(19)23(25)18(16)12-20(21)29-3;;/h5-8,12-14,20-21,33H,4,9-11H2,1-3H3;5-8,10,12-13,19,22H,4,9,11H2,1-3H3,(H,26,27,28);;/q;;2*+1/p-2/t20-,21?;19-,22?;;/m00../s1. The first kappa shape index (κ1) is 53.4. The molecule has 0 aliphatic carbocycles. The van der Waals surface area contributed by atoms with Gasteiger partial charge >= 0.3 is 59.1 Å². The summed E-state index contributed by atoms with van der Waals surface area (Å²) in [6, 6.07) is 21.2. The summed E-state index contributed by atoms with van der Waals surface area (Å²) in [5, 5.41) is 3.42. The number of fused-ring (bicyclic) bond motifs is 4. The number of carbonyl (C=O) groups excluding carboxylic acids is 2. The van der Waals surface area contributed by atoms with Gasteiger partial charge in [0, 0.05) is 29.9 Å². The molecule has 4 aromatic carbocycles. The zero-order valence-electron chi connectivity index (χ0n) is 38.4. The van der Waals surface area contributed by atoms with Gasteiger partial charge in [-0.15, -0.1) is 0 Å². The van der Waals surface area contributed by atoms with Crippen molar-refractivity contribution >= 4 is 46.0 Å². The SMILES string of the molecule is CCCOc1cc2c(cc1OC)C(=O)N1C=C(c3ccc(OC)cc3)C[C@H]1C(OOO[S-])C2.CCOc1cc2c(cc1OC)C(=O)N1C=C(c3ccc(C)cc3)C[C@H]1C(S(=O)(=O)[O-])C2.[Na+].[Na+]. The van der Waals surface area contributed by atoms with E-state index in [1.54, 1.807) is 43.5 Å². The van der Waals surface area contributed by atoms with Gasteiger partial charge in [-0.3, -0.25) is 9.59 Å². The zero-order chi connectivity index (χ0) is 45.7. The summed E-state index contributed by atoms with van der Waals surface area (Å²) in [4.78, 5) is 35.6. The summed E-state index contributed by atoms with van der Waals surface area (Å²) >= 11 is 4.41. The number of methoxy groups -OCH3 is 3. The van der Waals surface area contributed by atoms with Crippen LogP contribution in [0.5, 0.6) is 28.7 Å². The predicted octanol–water partition coefficient (Wildman–Crippen LogP) is 1.15. The molecular weight excluding hydrogens is 911 g/mol. The molecule has 2 unspecified atom stereocenters. The first-order valence-corrected chi connectivity index (χ1v) is 22.6. The first-order chi connectivity index (χ1) is 30.8. The van der Waals surface area contributed by atoms with Gasteiger partial charge in [-0.05, 0) is 109 Å². The molecule has 8 rings (SSSR count). The van der Waals surface area contributed by atoms with E-state index < -0.39 is 27.5 Å². The third-order valence-electron chi connectivity index (χ3n) is 11.8. The number of benzene rings is 4. The molecule has 0 bridgehead atoms. The first-order valence-electron chi connectivity index (χ1n) is 20.8. The predicted molar refractivity (Wildman–Crippen MR) is 238 cm³/mol. The minimum atomic E-state index is -4.67. The minimum absolute atomic E-state index is 0. The topological polar surface area (TPSA) is 172 Å². The third-order valence-corrected chi connectivity index (χ3v) is 13.1. The maximum Gasteiger partial charge on any atom is 1.00 e. The van der Waals surface area contributed by atoms with E-state index in [9.17, 15) is 22.6 Å². The largest absolute Gasteiger partial charge is 1.00 e. The molecule has 0 radical (unpaired) electrons. The molecule has 0 saturated carbocycles. The van der Waals surface area contributed by atoms with Crippen LogP contribution in [0.2, 0.25) is 0 Å². The molecular formula is C47H50N2Na2O13S2. The Morgan fingerprint density at radius 2 is 1.20 bits per heavy atom. The minimum Gasteiger partial charge on any atom is -0.748 e. The molecule has 0 N–H and O–H groups in total. The number of aryl methyl sites for hydroxylation is 1. The van der Waals surface area contributed by atoms with Crippen LogP contribution in [0, 0.1) is 6.92 Å². The molecule has 0 spiro atoms. The number of ether oxygens (including phenoxy) is 5. The van der Waals surface area contributed by atoms with Gasteiger partial charge < -0.3 is 55.3 Å². The molecule has 0 saturated heterocycles. The van der Waals surface area contributed by atoms with Crippen LogP contribution in [0.25, 0.3) is 11.1 Å². The fourth-order valence-corrected chi connectivity index (χ4v) is 9.60. The monoisotopic (exact) mass is 960 g/mol. The molecule has 340 valence electrons. The van der Waals surface area contributed by atoms with Crippen LogP contribution >= 0.6 is 0 Å². The summed E-state index contributed by atoms with van der Waals surface area (Å²) in [6.45, 7) is 6.73. The van der Waals surface area contributed by atoms with Gasteiger partial charge in [0.25, 0.3) is 11.8 Å². The molecule has 19 heteroatoms. The van der Waals surface area contributed by atoms with E-state index in [4.69, 9.17) is 28.6 Å². The number of hydrogen-bond donors (Lipinski definition) is 0. The van der Waals surface area contributed by atoms with Crippen LogP contribution in [-0.4, -0.2) is 92.6 Å². The Labute approximate surface area is 435 Å². The van der Waals surface area contributed by atoms with Crippen molar-refractivity contribution in [2.75, 3.05) is 34.5 Å². The second-order valence-electron chi connectivity index (χ2n) is 15.7. The summed E-state index contributed by atoms with van der Waals surface area (Å²) in [6.07, 6.45) is 5.08. The Bertz CT molecular complexity index is 2540. The summed E-state index contributed by atoms with van der Waals surface area (Å²) in [5.74, 6) is 2.16. The molecule has 4 aliphatic heterocycles. The van der Waals surface area contributed by atoms with Crippen molar-refractivity contribution in [3.63, 3.8) is 0 Å². The van der Waals surface area contributed by atoms with E-state index in [0.29, 0.717) is 72.2 Å². The van der Waals surface area contributed by atoms with Gasteiger partial charge in [0.2, 0.25) is 0 Å². The normalized spacial score (nSPS) is 19.4. The molecule has 0 aromatic heterocycles. The Morgan fingerprint density at radius 1 is 0.682 bits per heavy atom. The van der Waals surface area contributed by atoms with Gasteiger partial charge in [0.05, 0.1) is 62.0 Å². The fourth-order valence-electron chi connectivity index (χ4n) is 8.57. The van der Waals surface area contributed by atoms with E-state index in [0.717, 1.165) is 45.6 Å². The Kier molecular flexibility index (Phi) is 19.1. The maximum atomic E-state index is 13.6. The van der Waals surface area contributed by atoms with E-state index >= 15 is 0 Å². The van der Waals surface area contributed by atoms with Gasteiger partial charge in [-0.1, -0.05) is 53.9 Å². The van der Waals surface area contributed by atoms with Crippen molar-refractivity contribution in [2.24, 2.45) is 0 Å². The van der Waals surface area contributed by atoms with Crippen LogP contribution in [0.4, 0.5) is 0 Å². The average Bonchev–Trinajstić information content (AvgIpc) is 3.90. The molecule has 15 nitrogen and oxygen atoms in total. The Morgan fingerprint density at radius 3 is 1.70 bits per heavy atom. The second kappa shape index (κ2) is 23.6. The molecule has 4 heterocycles. The molecule has 4 atom stereocenters. The third kappa shape index (κ3) is 11.6. The van der Waals surface area contributed by atoms with Crippen molar-refractivity contribution in [3.8, 4) is 28.7 Å². The summed E-state index contributed by atoms with van der Waals surface area (Å²) < 4.78 is 68.6. The number of rotatable bonds is 14. The van der Waals surface area contributed by atoms with E-state index in [1.165, 1.54) is 12.0 Å². The van der Waals surface area contributed by atoms with Gasteiger partial charge in [0.15, 0.2) is 23.0 Å². The number of carbonyl (C=O) groups is 2. The molecule has 4 aromatic rings. The van der Waals surface area contributed by atoms with Crippen LogP contribution in [0.15, 0.2) is 85.2 Å². The van der Waals surface area contributed by atoms with Crippen molar-refractivity contribution in [1.82, 2.24) is 9.80 Å². The van der Waals surface area contributed by atoms with E-state index in [1.807, 2.05) is 81.6 Å². The van der Waals surface area contributed by atoms with Gasteiger partial charge in [0.1, 0.15) is 11.9 Å². The van der Waals surface area contributed by atoms with Crippen LogP contribution in [0.1, 0.15) is 81.6 Å². The average molecular weight is 961 g/mol. The molecule has 4 aliphatic rings. The van der Waals surface area contributed by atoms with Crippen LogP contribution in [-0.2, 0) is 50.1 Å². The number of hydrogen-bond acceptors (Lipinski definition) is 14. The number of amides is 2. The summed E-state index contributed by atoms with van der Waals surface area (Å²) in [5.41, 5.74) is 6.91. The van der Waals surface area contributed by atoms with Gasteiger partial charge in [-0.2, -0.15) is 0 Å². The van der Waals surface area contributed by atoms with Crippen molar-refractivity contribution in [1.29, 1.82) is 0 Å². The van der Waals surface area contributed by atoms with Crippen molar-refractivity contribution in [2.45, 2.75) is 76.3 Å². The number of nitrogens with zero attached hydrogens (tertiary/aromatic N) is 2. The quantitative estimate of drug-likeness (QED) is 0.0580. The molecule has 2 amide bonds. The Hall–Kier alpha value is -3.56.